The Morgan fingerprint density at radius 2 is 1.91 bits per heavy atom. The molecule has 1 aromatic heterocycles. The van der Waals surface area contributed by atoms with Gasteiger partial charge in [-0.25, -0.2) is 8.78 Å². The third kappa shape index (κ3) is 2.82. The third-order valence-electron chi connectivity index (χ3n) is 3.77. The van der Waals surface area contributed by atoms with Gasteiger partial charge in [0, 0.05) is 24.5 Å². The molecule has 0 fully saturated rings. The predicted molar refractivity (Wildman–Crippen MR) is 83.1 cm³/mol. The van der Waals surface area contributed by atoms with E-state index in [2.05, 4.69) is 0 Å². The zero-order chi connectivity index (χ0) is 16.6. The molecule has 0 spiro atoms. The van der Waals surface area contributed by atoms with Crippen LogP contribution in [0.4, 0.5) is 8.78 Å². The second-order valence-corrected chi connectivity index (χ2v) is 5.46. The molecule has 0 unspecified atom stereocenters. The summed E-state index contributed by atoms with van der Waals surface area (Å²) in [7, 11) is 1.59. The number of para-hydroxylation sites is 1. The van der Waals surface area contributed by atoms with E-state index in [1.165, 1.54) is 23.1 Å². The molecule has 0 N–H and O–H groups in total. The molecular formula is C18H15F2NO2. The molecule has 0 aliphatic rings. The highest BCUT2D eigenvalue weighted by Gasteiger charge is 2.22. The average molecular weight is 315 g/mol. The Hall–Kier alpha value is -2.69. The maximum Gasteiger partial charge on any atom is 0.289 e. The van der Waals surface area contributed by atoms with Crippen LogP contribution >= 0.6 is 0 Å². The number of fused-ring (bicyclic) bond motifs is 1. The van der Waals surface area contributed by atoms with Gasteiger partial charge in [0.2, 0.25) is 0 Å². The second-order valence-electron chi connectivity index (χ2n) is 5.46. The number of halogens is 2. The van der Waals surface area contributed by atoms with Crippen molar-refractivity contribution in [1.29, 1.82) is 0 Å². The van der Waals surface area contributed by atoms with Gasteiger partial charge in [0.15, 0.2) is 17.2 Å². The van der Waals surface area contributed by atoms with E-state index in [0.717, 1.165) is 0 Å². The summed E-state index contributed by atoms with van der Waals surface area (Å²) in [5, 5.41) is 0.576. The SMILES string of the molecule is Cc1c(C(=O)N(C)Cc2cccc(F)c2)oc2c(F)cccc12. The number of carbonyl (C=O) groups is 1. The Morgan fingerprint density at radius 1 is 1.17 bits per heavy atom. The van der Waals surface area contributed by atoms with Crippen LogP contribution < -0.4 is 0 Å². The first kappa shape index (κ1) is 15.2. The summed E-state index contributed by atoms with van der Waals surface area (Å²) in [6.07, 6.45) is 0. The Bertz CT molecular complexity index is 886. The van der Waals surface area contributed by atoms with E-state index in [-0.39, 0.29) is 29.6 Å². The molecule has 0 bridgehead atoms. The van der Waals surface area contributed by atoms with Gasteiger partial charge in [0.25, 0.3) is 5.91 Å². The molecule has 0 radical (unpaired) electrons. The Labute approximate surface area is 132 Å². The van der Waals surface area contributed by atoms with Crippen LogP contribution in [0.3, 0.4) is 0 Å². The molecule has 2 aromatic carbocycles. The fraction of sp³-hybridized carbons (Fsp3) is 0.167. The van der Waals surface area contributed by atoms with Crippen LogP contribution in [0.1, 0.15) is 21.7 Å². The normalized spacial score (nSPS) is 11.0. The molecule has 1 heterocycles. The minimum absolute atomic E-state index is 0.0764. The zero-order valence-corrected chi connectivity index (χ0v) is 12.8. The van der Waals surface area contributed by atoms with Crippen LogP contribution in [0, 0.1) is 18.6 Å². The number of furan rings is 1. The summed E-state index contributed by atoms with van der Waals surface area (Å²) in [6, 6.07) is 10.6. The molecule has 0 aliphatic heterocycles. The molecule has 3 rings (SSSR count). The molecule has 3 aromatic rings. The van der Waals surface area contributed by atoms with Crippen LogP contribution in [0.25, 0.3) is 11.0 Å². The van der Waals surface area contributed by atoms with Gasteiger partial charge in [-0.05, 0) is 30.7 Å². The van der Waals surface area contributed by atoms with Crippen LogP contribution in [-0.4, -0.2) is 17.9 Å². The molecule has 0 saturated carbocycles. The van der Waals surface area contributed by atoms with Crippen molar-refractivity contribution in [3.05, 3.63) is 71.0 Å². The quantitative estimate of drug-likeness (QED) is 0.722. The number of carbonyl (C=O) groups excluding carboxylic acids is 1. The van der Waals surface area contributed by atoms with E-state index in [4.69, 9.17) is 4.42 Å². The second kappa shape index (κ2) is 5.83. The topological polar surface area (TPSA) is 33.5 Å². The maximum absolute atomic E-state index is 13.8. The molecule has 5 heteroatoms. The smallest absolute Gasteiger partial charge is 0.289 e. The van der Waals surface area contributed by atoms with Crippen molar-refractivity contribution in [3.63, 3.8) is 0 Å². The first-order valence-electron chi connectivity index (χ1n) is 7.15. The van der Waals surface area contributed by atoms with Crippen molar-refractivity contribution in [1.82, 2.24) is 4.90 Å². The van der Waals surface area contributed by atoms with E-state index in [9.17, 15) is 13.6 Å². The summed E-state index contributed by atoms with van der Waals surface area (Å²) in [5.74, 6) is -1.13. The molecule has 0 saturated heterocycles. The van der Waals surface area contributed by atoms with Crippen molar-refractivity contribution in [2.75, 3.05) is 7.05 Å². The van der Waals surface area contributed by atoms with Crippen molar-refractivity contribution < 1.29 is 18.0 Å². The number of aryl methyl sites for hydroxylation is 1. The Kier molecular flexibility index (Phi) is 3.86. The zero-order valence-electron chi connectivity index (χ0n) is 12.8. The van der Waals surface area contributed by atoms with Gasteiger partial charge in [-0.3, -0.25) is 4.79 Å². The van der Waals surface area contributed by atoms with E-state index in [1.807, 2.05) is 0 Å². The number of benzene rings is 2. The molecule has 118 valence electrons. The standard InChI is InChI=1S/C18H15F2NO2/c1-11-14-7-4-8-15(20)17(14)23-16(11)18(22)21(2)10-12-5-3-6-13(19)9-12/h3-9H,10H2,1-2H3. The lowest BCUT2D eigenvalue weighted by atomic mass is 10.1. The summed E-state index contributed by atoms with van der Waals surface area (Å²) < 4.78 is 32.4. The van der Waals surface area contributed by atoms with Crippen molar-refractivity contribution in [2.45, 2.75) is 13.5 Å². The van der Waals surface area contributed by atoms with E-state index in [0.29, 0.717) is 16.5 Å². The summed E-state index contributed by atoms with van der Waals surface area (Å²) in [5.41, 5.74) is 1.34. The van der Waals surface area contributed by atoms with Crippen LogP contribution in [0.2, 0.25) is 0 Å². The van der Waals surface area contributed by atoms with Gasteiger partial charge in [0.1, 0.15) is 5.82 Å². The largest absolute Gasteiger partial charge is 0.448 e. The molecule has 0 atom stereocenters. The molecule has 3 nitrogen and oxygen atoms in total. The van der Waals surface area contributed by atoms with Crippen LogP contribution in [0.5, 0.6) is 0 Å². The minimum atomic E-state index is -0.502. The first-order valence-corrected chi connectivity index (χ1v) is 7.15. The number of amides is 1. The highest BCUT2D eigenvalue weighted by molar-refractivity contribution is 5.98. The van der Waals surface area contributed by atoms with Gasteiger partial charge in [0.05, 0.1) is 0 Å². The summed E-state index contributed by atoms with van der Waals surface area (Å²) in [4.78, 5) is 14.0. The monoisotopic (exact) mass is 315 g/mol. The summed E-state index contributed by atoms with van der Waals surface area (Å²) in [6.45, 7) is 1.95. The van der Waals surface area contributed by atoms with E-state index in [1.54, 1.807) is 38.2 Å². The minimum Gasteiger partial charge on any atom is -0.448 e. The fourth-order valence-electron chi connectivity index (χ4n) is 2.57. The number of rotatable bonds is 3. The van der Waals surface area contributed by atoms with Gasteiger partial charge >= 0.3 is 0 Å². The van der Waals surface area contributed by atoms with Gasteiger partial charge in [-0.1, -0.05) is 24.3 Å². The Balaban J connectivity index is 1.91. The highest BCUT2D eigenvalue weighted by Crippen LogP contribution is 2.28. The van der Waals surface area contributed by atoms with Gasteiger partial charge in [-0.2, -0.15) is 0 Å². The molecule has 0 aliphatic carbocycles. The lowest BCUT2D eigenvalue weighted by molar-refractivity contribution is 0.0754. The first-order chi connectivity index (χ1) is 11.0. The van der Waals surface area contributed by atoms with Gasteiger partial charge < -0.3 is 9.32 Å². The summed E-state index contributed by atoms with van der Waals surface area (Å²) >= 11 is 0. The fourth-order valence-corrected chi connectivity index (χ4v) is 2.57. The lowest BCUT2D eigenvalue weighted by Gasteiger charge is -2.16. The molecule has 1 amide bonds. The van der Waals surface area contributed by atoms with Crippen molar-refractivity contribution >= 4 is 16.9 Å². The maximum atomic E-state index is 13.8. The van der Waals surface area contributed by atoms with Crippen molar-refractivity contribution in [3.8, 4) is 0 Å². The number of nitrogens with zero attached hydrogens (tertiary/aromatic N) is 1. The van der Waals surface area contributed by atoms with E-state index >= 15 is 0 Å². The number of hydrogen-bond acceptors (Lipinski definition) is 2. The number of hydrogen-bond donors (Lipinski definition) is 0. The molecule has 23 heavy (non-hydrogen) atoms. The van der Waals surface area contributed by atoms with Crippen LogP contribution in [0.15, 0.2) is 46.9 Å². The van der Waals surface area contributed by atoms with Gasteiger partial charge in [-0.15, -0.1) is 0 Å². The highest BCUT2D eigenvalue weighted by atomic mass is 19.1. The van der Waals surface area contributed by atoms with Crippen LogP contribution in [-0.2, 0) is 6.54 Å². The lowest BCUT2D eigenvalue weighted by Crippen LogP contribution is -2.26. The average Bonchev–Trinajstić information content (AvgIpc) is 2.85. The van der Waals surface area contributed by atoms with Crippen molar-refractivity contribution in [2.24, 2.45) is 0 Å². The third-order valence-corrected chi connectivity index (χ3v) is 3.77. The van der Waals surface area contributed by atoms with E-state index < -0.39 is 5.82 Å². The predicted octanol–water partition coefficient (Wildman–Crippen LogP) is 4.29. The Morgan fingerprint density at radius 3 is 2.61 bits per heavy atom. The molecular weight excluding hydrogens is 300 g/mol.